The van der Waals surface area contributed by atoms with E-state index in [1.54, 1.807) is 32.9 Å². The summed E-state index contributed by atoms with van der Waals surface area (Å²) in [5.74, 6) is -2.16. The van der Waals surface area contributed by atoms with Crippen molar-refractivity contribution in [1.82, 2.24) is 4.90 Å². The first-order chi connectivity index (χ1) is 13.6. The van der Waals surface area contributed by atoms with Gasteiger partial charge in [-0.15, -0.1) is 11.8 Å². The molecule has 2 aromatic rings. The number of amides is 1. The number of thioether (sulfide) groups is 1. The highest BCUT2D eigenvalue weighted by Gasteiger charge is 2.61. The van der Waals surface area contributed by atoms with Gasteiger partial charge in [-0.2, -0.15) is 0 Å². The van der Waals surface area contributed by atoms with Gasteiger partial charge in [-0.05, 0) is 38.5 Å². The number of carbonyl (C=O) groups excluding carboxylic acids is 2. The summed E-state index contributed by atoms with van der Waals surface area (Å²) in [5.41, 5.74) is 0.733. The lowest BCUT2D eigenvalue weighted by molar-refractivity contribution is -0.152. The van der Waals surface area contributed by atoms with Crippen molar-refractivity contribution in [2.75, 3.05) is 0 Å². The summed E-state index contributed by atoms with van der Waals surface area (Å²) >= 11 is 1.32. The van der Waals surface area contributed by atoms with E-state index in [2.05, 4.69) is 0 Å². The summed E-state index contributed by atoms with van der Waals surface area (Å²) in [6.45, 7) is 5.28. The van der Waals surface area contributed by atoms with Crippen LogP contribution in [0.1, 0.15) is 19.4 Å². The molecule has 0 radical (unpaired) electrons. The minimum atomic E-state index is -1.08. The molecular formula is C20H17NO7S. The molecule has 29 heavy (non-hydrogen) atoms. The fraction of sp³-hybridized carbons (Fsp3) is 0.300. The van der Waals surface area contributed by atoms with Crippen molar-refractivity contribution >= 4 is 40.6 Å². The Morgan fingerprint density at radius 3 is 2.69 bits per heavy atom. The van der Waals surface area contributed by atoms with Crippen LogP contribution in [0.4, 0.5) is 0 Å². The number of esters is 1. The van der Waals surface area contributed by atoms with E-state index < -0.39 is 39.6 Å². The van der Waals surface area contributed by atoms with Crippen LogP contribution < -0.4 is 10.4 Å². The molecule has 0 spiro atoms. The van der Waals surface area contributed by atoms with Gasteiger partial charge in [0.25, 0.3) is 5.91 Å². The van der Waals surface area contributed by atoms with Gasteiger partial charge >= 0.3 is 17.6 Å². The molecule has 3 heterocycles. The zero-order valence-electron chi connectivity index (χ0n) is 15.8. The number of ether oxygens (including phenoxy) is 1. The number of carboxylic acid groups (broad SMARTS) is 1. The van der Waals surface area contributed by atoms with Crippen LogP contribution in [0.3, 0.4) is 0 Å². The zero-order valence-corrected chi connectivity index (χ0v) is 16.6. The Balaban J connectivity index is 1.55. The highest BCUT2D eigenvalue weighted by atomic mass is 32.2. The average Bonchev–Trinajstić information content (AvgIpc) is 2.87. The number of β-lactam (4-membered cyclic amide) rings is 1. The summed E-state index contributed by atoms with van der Waals surface area (Å²) in [6.07, 6.45) is 1.09. The SMILES string of the molecule is Cc1cc(=O)oc2cc(OC(=O)/C=C3/C(=O)N4[C@@H]3SC(C)(C)[C@@H]4C(=O)O)ccc12. The summed E-state index contributed by atoms with van der Waals surface area (Å²) in [5, 5.41) is 9.65. The van der Waals surface area contributed by atoms with Gasteiger partial charge in [-0.1, -0.05) is 0 Å². The molecule has 0 aliphatic carbocycles. The van der Waals surface area contributed by atoms with Gasteiger partial charge in [0.2, 0.25) is 0 Å². The number of hydrogen-bond donors (Lipinski definition) is 1. The maximum absolute atomic E-state index is 12.4. The molecule has 2 saturated heterocycles. The quantitative estimate of drug-likeness (QED) is 0.266. The van der Waals surface area contributed by atoms with Gasteiger partial charge in [0.05, 0.1) is 5.57 Å². The largest absolute Gasteiger partial charge is 0.480 e. The van der Waals surface area contributed by atoms with E-state index in [0.29, 0.717) is 0 Å². The van der Waals surface area contributed by atoms with Crippen LogP contribution >= 0.6 is 11.8 Å². The summed E-state index contributed by atoms with van der Waals surface area (Å²) < 4.78 is 9.70. The number of fused-ring (bicyclic) bond motifs is 2. The molecule has 0 saturated carbocycles. The normalized spacial score (nSPS) is 23.8. The highest BCUT2D eigenvalue weighted by molar-refractivity contribution is 8.01. The van der Waals surface area contributed by atoms with Gasteiger partial charge in [0, 0.05) is 28.3 Å². The molecule has 8 nitrogen and oxygen atoms in total. The first-order valence-electron chi connectivity index (χ1n) is 8.80. The topological polar surface area (TPSA) is 114 Å². The van der Waals surface area contributed by atoms with Crippen LogP contribution in [0, 0.1) is 6.92 Å². The maximum Gasteiger partial charge on any atom is 0.336 e. The van der Waals surface area contributed by atoms with E-state index in [0.717, 1.165) is 17.0 Å². The third-order valence-electron chi connectivity index (χ3n) is 5.00. The summed E-state index contributed by atoms with van der Waals surface area (Å²) in [7, 11) is 0. The molecule has 4 rings (SSSR count). The molecule has 1 N–H and O–H groups in total. The van der Waals surface area contributed by atoms with Crippen molar-refractivity contribution < 1.29 is 28.6 Å². The van der Waals surface area contributed by atoms with E-state index in [4.69, 9.17) is 9.15 Å². The van der Waals surface area contributed by atoms with Gasteiger partial charge in [-0.3, -0.25) is 4.79 Å². The van der Waals surface area contributed by atoms with Crippen molar-refractivity contribution in [3.8, 4) is 5.75 Å². The molecular weight excluding hydrogens is 398 g/mol. The fourth-order valence-corrected chi connectivity index (χ4v) is 5.24. The second-order valence-corrected chi connectivity index (χ2v) is 9.19. The van der Waals surface area contributed by atoms with Crippen LogP contribution in [0.15, 0.2) is 45.1 Å². The molecule has 0 unspecified atom stereocenters. The number of rotatable bonds is 3. The average molecular weight is 415 g/mol. The molecule has 2 fully saturated rings. The van der Waals surface area contributed by atoms with E-state index in [1.165, 1.54) is 28.8 Å². The molecule has 1 amide bonds. The van der Waals surface area contributed by atoms with Crippen LogP contribution in [0.5, 0.6) is 5.75 Å². The highest BCUT2D eigenvalue weighted by Crippen LogP contribution is 2.52. The molecule has 2 aliphatic rings. The van der Waals surface area contributed by atoms with Crippen molar-refractivity contribution in [2.24, 2.45) is 0 Å². The van der Waals surface area contributed by atoms with Crippen LogP contribution in [-0.2, 0) is 14.4 Å². The lowest BCUT2D eigenvalue weighted by Crippen LogP contribution is -2.58. The molecule has 0 bridgehead atoms. The number of benzene rings is 1. The Kier molecular flexibility index (Phi) is 4.30. The molecule has 9 heteroatoms. The van der Waals surface area contributed by atoms with E-state index in [9.17, 15) is 24.3 Å². The smallest absolute Gasteiger partial charge is 0.336 e. The third kappa shape index (κ3) is 3.11. The zero-order chi connectivity index (χ0) is 21.1. The Bertz CT molecular complexity index is 1160. The van der Waals surface area contributed by atoms with Gasteiger partial charge in [-0.25, -0.2) is 14.4 Å². The van der Waals surface area contributed by atoms with E-state index >= 15 is 0 Å². The molecule has 2 atom stereocenters. The van der Waals surface area contributed by atoms with Gasteiger partial charge < -0.3 is 19.2 Å². The number of aliphatic carboxylic acids is 1. The Morgan fingerprint density at radius 2 is 2.00 bits per heavy atom. The van der Waals surface area contributed by atoms with Crippen molar-refractivity contribution in [3.05, 3.63) is 51.9 Å². The Hall–Kier alpha value is -3.07. The molecule has 1 aromatic carbocycles. The Labute approximate surface area is 169 Å². The van der Waals surface area contributed by atoms with E-state index in [1.807, 2.05) is 0 Å². The standard InChI is InChI=1S/C20H17NO7S/c1-9-6-14(22)28-13-7-10(4-5-11(9)13)27-15(23)8-12-17(24)21-16(19(25)26)20(2,3)29-18(12)21/h4-8,16,18H,1-3H3,(H,25,26)/b12-8-/t16-,18+/m0/s1. The lowest BCUT2D eigenvalue weighted by atomic mass is 9.95. The summed E-state index contributed by atoms with van der Waals surface area (Å²) in [4.78, 5) is 49.1. The van der Waals surface area contributed by atoms with E-state index in [-0.39, 0.29) is 16.9 Å². The van der Waals surface area contributed by atoms with Crippen LogP contribution in [0.2, 0.25) is 0 Å². The van der Waals surface area contributed by atoms with Gasteiger partial charge in [0.1, 0.15) is 22.7 Å². The molecule has 2 aliphatic heterocycles. The second-order valence-electron chi connectivity index (χ2n) is 7.45. The second kappa shape index (κ2) is 6.48. The minimum Gasteiger partial charge on any atom is -0.480 e. The van der Waals surface area contributed by atoms with Crippen LogP contribution in [-0.4, -0.2) is 44.0 Å². The maximum atomic E-state index is 12.4. The number of hydrogen-bond acceptors (Lipinski definition) is 7. The first kappa shape index (κ1) is 19.3. The van der Waals surface area contributed by atoms with Crippen molar-refractivity contribution in [3.63, 3.8) is 0 Å². The lowest BCUT2D eigenvalue weighted by Gasteiger charge is -2.38. The minimum absolute atomic E-state index is 0.166. The third-order valence-corrected chi connectivity index (χ3v) is 6.54. The van der Waals surface area contributed by atoms with Crippen LogP contribution in [0.25, 0.3) is 11.0 Å². The fourth-order valence-electron chi connectivity index (χ4n) is 3.70. The predicted molar refractivity (Wildman–Crippen MR) is 105 cm³/mol. The molecule has 150 valence electrons. The first-order valence-corrected chi connectivity index (χ1v) is 9.67. The predicted octanol–water partition coefficient (Wildman–Crippen LogP) is 2.08. The number of aryl methyl sites for hydroxylation is 1. The van der Waals surface area contributed by atoms with Gasteiger partial charge in [0.15, 0.2) is 0 Å². The molecule has 1 aromatic heterocycles. The van der Waals surface area contributed by atoms with Crippen molar-refractivity contribution in [2.45, 2.75) is 36.9 Å². The number of carbonyl (C=O) groups is 3. The Morgan fingerprint density at radius 1 is 1.28 bits per heavy atom. The number of nitrogens with zero attached hydrogens (tertiary/aromatic N) is 1. The van der Waals surface area contributed by atoms with Crippen molar-refractivity contribution in [1.29, 1.82) is 0 Å². The summed E-state index contributed by atoms with van der Waals surface area (Å²) in [6, 6.07) is 5.09. The monoisotopic (exact) mass is 415 g/mol. The number of carboxylic acids is 1.